The maximum Gasteiger partial charge on any atom is 0.410 e. The highest BCUT2D eigenvalue weighted by atomic mass is 16.6. The molecule has 18 heavy (non-hydrogen) atoms. The average molecular weight is 253 g/mol. The highest BCUT2D eigenvalue weighted by Crippen LogP contribution is 2.12. The second-order valence-electron chi connectivity index (χ2n) is 4.98. The predicted molar refractivity (Wildman–Crippen MR) is 65.9 cm³/mol. The topological polar surface area (TPSA) is 75.5 Å². The normalized spacial score (nSPS) is 12.9. The smallest absolute Gasteiger partial charge is 0.410 e. The van der Waals surface area contributed by atoms with E-state index in [1.807, 2.05) is 0 Å². The molecule has 1 rings (SSSR count). The molecule has 1 aromatic heterocycles. The number of aliphatic hydroxyl groups excluding tert-OH is 1. The van der Waals surface area contributed by atoms with Gasteiger partial charge in [-0.15, -0.1) is 0 Å². The van der Waals surface area contributed by atoms with Gasteiger partial charge < -0.3 is 14.7 Å². The zero-order valence-corrected chi connectivity index (χ0v) is 11.1. The average Bonchev–Trinajstić information content (AvgIpc) is 2.27. The number of nitrogens with zero attached hydrogens (tertiary/aromatic N) is 3. The van der Waals surface area contributed by atoms with Gasteiger partial charge in [-0.1, -0.05) is 0 Å². The first-order valence-electron chi connectivity index (χ1n) is 5.68. The third-order valence-electron chi connectivity index (χ3n) is 2.04. The third kappa shape index (κ3) is 4.67. The lowest BCUT2D eigenvalue weighted by atomic mass is 10.2. The van der Waals surface area contributed by atoms with Gasteiger partial charge in [0.1, 0.15) is 11.7 Å². The van der Waals surface area contributed by atoms with E-state index in [2.05, 4.69) is 9.97 Å². The van der Waals surface area contributed by atoms with E-state index in [1.54, 1.807) is 46.3 Å². The SMILES string of the molecule is CN(C[C@@H](O)c1ncccn1)C(=O)OC(C)(C)C. The van der Waals surface area contributed by atoms with Crippen molar-refractivity contribution in [3.63, 3.8) is 0 Å². The van der Waals surface area contributed by atoms with Gasteiger partial charge in [-0.3, -0.25) is 0 Å². The van der Waals surface area contributed by atoms with Crippen LogP contribution in [0.15, 0.2) is 18.5 Å². The van der Waals surface area contributed by atoms with Crippen molar-refractivity contribution in [2.75, 3.05) is 13.6 Å². The zero-order chi connectivity index (χ0) is 13.8. The number of rotatable bonds is 3. The Kier molecular flexibility index (Phi) is 4.61. The van der Waals surface area contributed by atoms with Gasteiger partial charge in [0.25, 0.3) is 0 Å². The number of carbonyl (C=O) groups excluding carboxylic acids is 1. The Morgan fingerprint density at radius 3 is 2.50 bits per heavy atom. The van der Waals surface area contributed by atoms with Gasteiger partial charge in [-0.2, -0.15) is 0 Å². The number of hydrogen-bond acceptors (Lipinski definition) is 5. The van der Waals surface area contributed by atoms with Crippen LogP contribution in [0.5, 0.6) is 0 Å². The second kappa shape index (κ2) is 5.77. The maximum absolute atomic E-state index is 11.7. The summed E-state index contributed by atoms with van der Waals surface area (Å²) in [6.07, 6.45) is 1.67. The molecule has 6 nitrogen and oxygen atoms in total. The lowest BCUT2D eigenvalue weighted by Gasteiger charge is -2.25. The van der Waals surface area contributed by atoms with Crippen LogP contribution in [0.4, 0.5) is 4.79 Å². The highest BCUT2D eigenvalue weighted by molar-refractivity contribution is 5.67. The first-order valence-corrected chi connectivity index (χ1v) is 5.68. The molecule has 0 radical (unpaired) electrons. The number of hydrogen-bond donors (Lipinski definition) is 1. The van der Waals surface area contributed by atoms with Crippen molar-refractivity contribution in [1.29, 1.82) is 0 Å². The minimum absolute atomic E-state index is 0.0823. The molecule has 0 aliphatic rings. The minimum atomic E-state index is -0.927. The van der Waals surface area contributed by atoms with Crippen molar-refractivity contribution in [3.8, 4) is 0 Å². The van der Waals surface area contributed by atoms with E-state index in [-0.39, 0.29) is 12.4 Å². The van der Waals surface area contributed by atoms with Crippen molar-refractivity contribution >= 4 is 6.09 Å². The Bertz CT molecular complexity index is 389. The molecule has 1 amide bonds. The Balaban J connectivity index is 2.55. The fourth-order valence-corrected chi connectivity index (χ4v) is 1.24. The van der Waals surface area contributed by atoms with Crippen molar-refractivity contribution < 1.29 is 14.6 Å². The first-order chi connectivity index (χ1) is 8.29. The molecule has 0 spiro atoms. The summed E-state index contributed by atoms with van der Waals surface area (Å²) in [6, 6.07) is 1.66. The molecule has 0 aliphatic heterocycles. The van der Waals surface area contributed by atoms with E-state index in [4.69, 9.17) is 4.74 Å². The van der Waals surface area contributed by atoms with Crippen molar-refractivity contribution in [2.45, 2.75) is 32.5 Å². The van der Waals surface area contributed by atoms with Crippen LogP contribution in [-0.4, -0.2) is 45.3 Å². The van der Waals surface area contributed by atoms with Gasteiger partial charge in [-0.25, -0.2) is 14.8 Å². The van der Waals surface area contributed by atoms with Crippen molar-refractivity contribution in [2.24, 2.45) is 0 Å². The number of aliphatic hydroxyl groups is 1. The Morgan fingerprint density at radius 1 is 1.44 bits per heavy atom. The number of likely N-dealkylation sites (N-methyl/N-ethyl adjacent to an activating group) is 1. The van der Waals surface area contributed by atoms with Crippen LogP contribution in [0.2, 0.25) is 0 Å². The molecule has 0 saturated carbocycles. The molecule has 1 N–H and O–H groups in total. The standard InChI is InChI=1S/C12H19N3O3/c1-12(2,3)18-11(17)15(4)8-9(16)10-13-6-5-7-14-10/h5-7,9,16H,8H2,1-4H3/t9-/m1/s1. The molecule has 1 atom stereocenters. The summed E-state index contributed by atoms with van der Waals surface area (Å²) in [5, 5.41) is 9.86. The van der Waals surface area contributed by atoms with Gasteiger partial charge >= 0.3 is 6.09 Å². The molecule has 0 bridgehead atoms. The van der Waals surface area contributed by atoms with Gasteiger partial charge in [-0.05, 0) is 26.8 Å². The Morgan fingerprint density at radius 2 is 2.00 bits per heavy atom. The lowest BCUT2D eigenvalue weighted by molar-refractivity contribution is 0.0197. The summed E-state index contributed by atoms with van der Waals surface area (Å²) in [5.74, 6) is 0.285. The zero-order valence-electron chi connectivity index (χ0n) is 11.1. The van der Waals surface area contributed by atoms with E-state index >= 15 is 0 Å². The van der Waals surface area contributed by atoms with Gasteiger partial charge in [0.15, 0.2) is 5.82 Å². The van der Waals surface area contributed by atoms with Gasteiger partial charge in [0.2, 0.25) is 0 Å². The first kappa shape index (κ1) is 14.4. The van der Waals surface area contributed by atoms with Gasteiger partial charge in [0.05, 0.1) is 6.54 Å². The molecule has 100 valence electrons. The summed E-state index contributed by atoms with van der Waals surface area (Å²) in [7, 11) is 1.56. The minimum Gasteiger partial charge on any atom is -0.444 e. The van der Waals surface area contributed by atoms with Crippen molar-refractivity contribution in [1.82, 2.24) is 14.9 Å². The van der Waals surface area contributed by atoms with E-state index in [9.17, 15) is 9.90 Å². The van der Waals surface area contributed by atoms with Crippen LogP contribution >= 0.6 is 0 Å². The molecule has 1 aromatic rings. The summed E-state index contributed by atoms with van der Waals surface area (Å²) in [6.45, 7) is 5.44. The van der Waals surface area contributed by atoms with Crippen LogP contribution in [0.25, 0.3) is 0 Å². The maximum atomic E-state index is 11.7. The van der Waals surface area contributed by atoms with Crippen molar-refractivity contribution in [3.05, 3.63) is 24.3 Å². The molecular weight excluding hydrogens is 234 g/mol. The fourth-order valence-electron chi connectivity index (χ4n) is 1.24. The van der Waals surface area contributed by atoms with Gasteiger partial charge in [0, 0.05) is 19.4 Å². The molecule has 6 heteroatoms. The molecule has 1 heterocycles. The van der Waals surface area contributed by atoms with Crippen LogP contribution in [0.3, 0.4) is 0 Å². The quantitative estimate of drug-likeness (QED) is 0.880. The van der Waals surface area contributed by atoms with E-state index in [0.29, 0.717) is 0 Å². The lowest BCUT2D eigenvalue weighted by Crippen LogP contribution is -2.36. The number of amides is 1. The second-order valence-corrected chi connectivity index (χ2v) is 4.98. The summed E-state index contributed by atoms with van der Waals surface area (Å²) in [4.78, 5) is 20.8. The fraction of sp³-hybridized carbons (Fsp3) is 0.583. The third-order valence-corrected chi connectivity index (χ3v) is 2.04. The van der Waals surface area contributed by atoms with Crippen LogP contribution in [0, 0.1) is 0 Å². The van der Waals surface area contributed by atoms with E-state index < -0.39 is 17.8 Å². The predicted octanol–water partition coefficient (Wildman–Crippen LogP) is 1.38. The van der Waals surface area contributed by atoms with Crippen LogP contribution in [-0.2, 0) is 4.74 Å². The molecule has 0 unspecified atom stereocenters. The highest BCUT2D eigenvalue weighted by Gasteiger charge is 2.22. The summed E-state index contributed by atoms with van der Waals surface area (Å²) >= 11 is 0. The number of ether oxygens (including phenoxy) is 1. The summed E-state index contributed by atoms with van der Waals surface area (Å²) in [5.41, 5.74) is -0.556. The van der Waals surface area contributed by atoms with Crippen LogP contribution < -0.4 is 0 Å². The Hall–Kier alpha value is -1.69. The Labute approximate surface area is 107 Å². The molecule has 0 saturated heterocycles. The van der Waals surface area contributed by atoms with E-state index in [0.717, 1.165) is 0 Å². The number of aromatic nitrogens is 2. The number of carbonyl (C=O) groups is 1. The monoisotopic (exact) mass is 253 g/mol. The molecule has 0 aliphatic carbocycles. The van der Waals surface area contributed by atoms with E-state index in [1.165, 1.54) is 4.90 Å². The summed E-state index contributed by atoms with van der Waals surface area (Å²) < 4.78 is 5.17. The molecule has 0 aromatic carbocycles. The molecule has 0 fully saturated rings. The molecular formula is C12H19N3O3. The van der Waals surface area contributed by atoms with Crippen LogP contribution in [0.1, 0.15) is 32.7 Å². The largest absolute Gasteiger partial charge is 0.444 e.